The molecular weight excluding hydrogens is 335 g/mol. The average Bonchev–Trinajstić information content (AvgIpc) is 3.11. The molecule has 0 radical (unpaired) electrons. The molecular formula is C15H14BrFN4. The van der Waals surface area contributed by atoms with Crippen LogP contribution in [0.4, 0.5) is 4.39 Å². The summed E-state index contributed by atoms with van der Waals surface area (Å²) >= 11 is 3.44. The highest BCUT2D eigenvalue weighted by Crippen LogP contribution is 2.41. The first kappa shape index (κ1) is 13.0. The van der Waals surface area contributed by atoms with Gasteiger partial charge >= 0.3 is 0 Å². The lowest BCUT2D eigenvalue weighted by Crippen LogP contribution is -1.92. The van der Waals surface area contributed by atoms with Gasteiger partial charge in [-0.1, -0.05) is 0 Å². The van der Waals surface area contributed by atoms with Gasteiger partial charge in [-0.3, -0.25) is 4.68 Å². The molecule has 1 aliphatic rings. The highest BCUT2D eigenvalue weighted by Gasteiger charge is 2.27. The number of rotatable bonds is 3. The van der Waals surface area contributed by atoms with Gasteiger partial charge in [0.05, 0.1) is 5.69 Å². The number of halogens is 2. The van der Waals surface area contributed by atoms with Crippen molar-refractivity contribution in [2.24, 2.45) is 7.05 Å². The predicted molar refractivity (Wildman–Crippen MR) is 80.8 cm³/mol. The van der Waals surface area contributed by atoms with E-state index in [9.17, 15) is 4.39 Å². The molecule has 0 spiro atoms. The van der Waals surface area contributed by atoms with E-state index in [-0.39, 0.29) is 5.82 Å². The molecule has 1 aliphatic carbocycles. The zero-order valence-electron chi connectivity index (χ0n) is 11.6. The molecule has 1 fully saturated rings. The first-order chi connectivity index (χ1) is 10.1. The number of aromatic nitrogens is 4. The van der Waals surface area contributed by atoms with Crippen LogP contribution >= 0.6 is 15.9 Å². The zero-order chi connectivity index (χ0) is 14.6. The number of pyridine rings is 1. The molecule has 0 bridgehead atoms. The molecule has 21 heavy (non-hydrogen) atoms. The van der Waals surface area contributed by atoms with Crippen molar-refractivity contribution in [1.82, 2.24) is 19.2 Å². The van der Waals surface area contributed by atoms with Crippen LogP contribution in [0, 0.1) is 5.82 Å². The minimum Gasteiger partial charge on any atom is -0.306 e. The van der Waals surface area contributed by atoms with Crippen molar-refractivity contribution in [3.63, 3.8) is 0 Å². The molecule has 3 aromatic rings. The smallest absolute Gasteiger partial charge is 0.139 e. The average molecular weight is 349 g/mol. The van der Waals surface area contributed by atoms with Gasteiger partial charge in [0, 0.05) is 49.3 Å². The van der Waals surface area contributed by atoms with Gasteiger partial charge in [-0.2, -0.15) is 5.10 Å². The minimum atomic E-state index is -0.135. The number of nitrogens with zero attached hydrogens (tertiary/aromatic N) is 4. The molecule has 1 saturated carbocycles. The van der Waals surface area contributed by atoms with Crippen LogP contribution < -0.4 is 0 Å². The molecule has 0 N–H and O–H groups in total. The number of fused-ring (bicyclic) bond motifs is 1. The van der Waals surface area contributed by atoms with Gasteiger partial charge in [0.25, 0.3) is 0 Å². The Morgan fingerprint density at radius 1 is 1.33 bits per heavy atom. The van der Waals surface area contributed by atoms with Gasteiger partial charge in [0.2, 0.25) is 0 Å². The maximum absolute atomic E-state index is 14.0. The van der Waals surface area contributed by atoms with Crippen LogP contribution in [0.15, 0.2) is 29.3 Å². The fourth-order valence-corrected chi connectivity index (χ4v) is 3.18. The summed E-state index contributed by atoms with van der Waals surface area (Å²) in [6.07, 6.45) is 8.68. The number of imidazole rings is 1. The highest BCUT2D eigenvalue weighted by atomic mass is 79.9. The van der Waals surface area contributed by atoms with Crippen molar-refractivity contribution in [2.75, 3.05) is 0 Å². The largest absolute Gasteiger partial charge is 0.306 e. The predicted octanol–water partition coefficient (Wildman–Crippen LogP) is 3.44. The molecule has 0 aromatic carbocycles. The molecule has 108 valence electrons. The second kappa shape index (κ2) is 4.66. The van der Waals surface area contributed by atoms with Gasteiger partial charge < -0.3 is 4.40 Å². The molecule has 0 aliphatic heterocycles. The SMILES string of the molecule is Cn1cc(Cc2cn3cc(C4CC4)c(F)cc3n2)c(Br)n1. The Balaban J connectivity index is 1.71. The highest BCUT2D eigenvalue weighted by molar-refractivity contribution is 9.10. The maximum Gasteiger partial charge on any atom is 0.139 e. The van der Waals surface area contributed by atoms with E-state index < -0.39 is 0 Å². The Hall–Kier alpha value is -1.69. The normalized spacial score (nSPS) is 15.0. The summed E-state index contributed by atoms with van der Waals surface area (Å²) < 4.78 is 18.6. The Morgan fingerprint density at radius 2 is 2.14 bits per heavy atom. The molecule has 0 amide bonds. The van der Waals surface area contributed by atoms with E-state index in [1.165, 1.54) is 6.07 Å². The number of hydrogen-bond donors (Lipinski definition) is 0. The second-order valence-electron chi connectivity index (χ2n) is 5.64. The summed E-state index contributed by atoms with van der Waals surface area (Å²) in [6, 6.07) is 1.54. The molecule has 3 heterocycles. The first-order valence-electron chi connectivity index (χ1n) is 6.95. The van der Waals surface area contributed by atoms with Gasteiger partial charge in [-0.15, -0.1) is 0 Å². The fourth-order valence-electron chi connectivity index (χ4n) is 2.68. The van der Waals surface area contributed by atoms with Crippen molar-refractivity contribution in [3.05, 3.63) is 51.9 Å². The summed E-state index contributed by atoms with van der Waals surface area (Å²) in [6.45, 7) is 0. The van der Waals surface area contributed by atoms with Gasteiger partial charge in [0.15, 0.2) is 0 Å². The molecule has 4 rings (SSSR count). The van der Waals surface area contributed by atoms with Crippen LogP contribution in [0.3, 0.4) is 0 Å². The van der Waals surface area contributed by atoms with E-state index in [1.807, 2.05) is 30.0 Å². The lowest BCUT2D eigenvalue weighted by Gasteiger charge is -2.01. The number of aryl methyl sites for hydroxylation is 1. The zero-order valence-corrected chi connectivity index (χ0v) is 13.1. The molecule has 0 saturated heterocycles. The van der Waals surface area contributed by atoms with E-state index >= 15 is 0 Å². The van der Waals surface area contributed by atoms with Crippen molar-refractivity contribution in [1.29, 1.82) is 0 Å². The van der Waals surface area contributed by atoms with Crippen LogP contribution in [0.2, 0.25) is 0 Å². The van der Waals surface area contributed by atoms with E-state index in [1.54, 1.807) is 4.68 Å². The van der Waals surface area contributed by atoms with Crippen LogP contribution in [-0.4, -0.2) is 19.2 Å². The van der Waals surface area contributed by atoms with Crippen LogP contribution in [0.25, 0.3) is 5.65 Å². The summed E-state index contributed by atoms with van der Waals surface area (Å²) in [5.74, 6) is 0.262. The van der Waals surface area contributed by atoms with E-state index in [0.717, 1.165) is 34.3 Å². The lowest BCUT2D eigenvalue weighted by molar-refractivity contribution is 0.608. The van der Waals surface area contributed by atoms with E-state index in [0.29, 0.717) is 18.0 Å². The van der Waals surface area contributed by atoms with Crippen LogP contribution in [0.5, 0.6) is 0 Å². The van der Waals surface area contributed by atoms with Crippen molar-refractivity contribution in [3.8, 4) is 0 Å². The Kier molecular flexibility index (Phi) is 2.89. The van der Waals surface area contributed by atoms with Crippen molar-refractivity contribution < 1.29 is 4.39 Å². The number of hydrogen-bond acceptors (Lipinski definition) is 2. The van der Waals surface area contributed by atoms with Crippen molar-refractivity contribution in [2.45, 2.75) is 25.2 Å². The first-order valence-corrected chi connectivity index (χ1v) is 7.74. The molecule has 3 aromatic heterocycles. The third-order valence-electron chi connectivity index (χ3n) is 3.86. The standard InChI is InChI=1S/C15H14BrFN4/c1-20-6-10(15(16)19-20)4-11-7-21-8-12(9-2-3-9)13(17)5-14(21)18-11/h5-9H,2-4H2,1H3. The summed E-state index contributed by atoms with van der Waals surface area (Å²) in [4.78, 5) is 4.51. The summed E-state index contributed by atoms with van der Waals surface area (Å²) in [5, 5.41) is 4.26. The van der Waals surface area contributed by atoms with Gasteiger partial charge in [0.1, 0.15) is 16.1 Å². The Labute approximate surface area is 129 Å². The Morgan fingerprint density at radius 3 is 2.81 bits per heavy atom. The van der Waals surface area contributed by atoms with Gasteiger partial charge in [-0.05, 0) is 34.7 Å². The second-order valence-corrected chi connectivity index (χ2v) is 6.40. The molecule has 6 heteroatoms. The summed E-state index contributed by atoms with van der Waals surface area (Å²) in [5.41, 5.74) is 3.46. The van der Waals surface area contributed by atoms with Crippen molar-refractivity contribution >= 4 is 21.6 Å². The Bertz CT molecular complexity index is 832. The maximum atomic E-state index is 14.0. The monoisotopic (exact) mass is 348 g/mol. The third kappa shape index (κ3) is 2.37. The fraction of sp³-hybridized carbons (Fsp3) is 0.333. The minimum absolute atomic E-state index is 0.135. The van der Waals surface area contributed by atoms with Gasteiger partial charge in [-0.25, -0.2) is 9.37 Å². The van der Waals surface area contributed by atoms with E-state index in [4.69, 9.17) is 0 Å². The lowest BCUT2D eigenvalue weighted by atomic mass is 10.2. The van der Waals surface area contributed by atoms with Crippen LogP contribution in [-0.2, 0) is 13.5 Å². The van der Waals surface area contributed by atoms with Crippen LogP contribution in [0.1, 0.15) is 35.6 Å². The summed E-state index contributed by atoms with van der Waals surface area (Å²) in [7, 11) is 1.88. The topological polar surface area (TPSA) is 35.1 Å². The molecule has 0 unspecified atom stereocenters. The molecule has 0 atom stereocenters. The van der Waals surface area contributed by atoms with E-state index in [2.05, 4.69) is 26.0 Å². The third-order valence-corrected chi connectivity index (χ3v) is 4.53. The molecule has 4 nitrogen and oxygen atoms in total. The quantitative estimate of drug-likeness (QED) is 0.726.